The minimum Gasteiger partial charge on any atom is -0.447 e. The van der Waals surface area contributed by atoms with E-state index in [9.17, 15) is 14.7 Å². The fraction of sp³-hybridized carbons (Fsp3) is 0.750. The van der Waals surface area contributed by atoms with Crippen molar-refractivity contribution >= 4 is 12.0 Å². The van der Waals surface area contributed by atoms with Crippen LogP contribution >= 0.6 is 0 Å². The zero-order valence-corrected chi connectivity index (χ0v) is 12.7. The number of amides is 2. The third-order valence-electron chi connectivity index (χ3n) is 4.30. The van der Waals surface area contributed by atoms with E-state index in [1.165, 1.54) is 0 Å². The van der Waals surface area contributed by atoms with E-state index in [1.54, 1.807) is 6.08 Å². The van der Waals surface area contributed by atoms with Gasteiger partial charge in [-0.05, 0) is 19.3 Å². The van der Waals surface area contributed by atoms with Crippen LogP contribution in [0.1, 0.15) is 51.9 Å². The van der Waals surface area contributed by atoms with Gasteiger partial charge in [-0.3, -0.25) is 4.79 Å². The first-order chi connectivity index (χ1) is 10.1. The summed E-state index contributed by atoms with van der Waals surface area (Å²) in [5.41, 5.74) is 0. The first-order valence-electron chi connectivity index (χ1n) is 7.99. The molecule has 1 saturated heterocycles. The average molecular weight is 295 g/mol. The van der Waals surface area contributed by atoms with Gasteiger partial charge in [0.1, 0.15) is 12.6 Å². The van der Waals surface area contributed by atoms with Crippen LogP contribution < -0.4 is 0 Å². The number of aliphatic hydroxyl groups is 1. The summed E-state index contributed by atoms with van der Waals surface area (Å²) in [5.74, 6) is -0.268. The number of hydrogen-bond donors (Lipinski definition) is 1. The van der Waals surface area contributed by atoms with Crippen LogP contribution in [-0.4, -0.2) is 40.8 Å². The molecule has 1 aliphatic heterocycles. The second-order valence-corrected chi connectivity index (χ2v) is 5.89. The Morgan fingerprint density at radius 2 is 2.19 bits per heavy atom. The molecule has 0 spiro atoms. The Kier molecular flexibility index (Phi) is 5.79. The molecule has 2 rings (SSSR count). The van der Waals surface area contributed by atoms with Crippen molar-refractivity contribution in [2.24, 2.45) is 5.92 Å². The number of cyclic esters (lactones) is 1. The third kappa shape index (κ3) is 3.84. The Morgan fingerprint density at radius 3 is 2.86 bits per heavy atom. The molecule has 1 heterocycles. The molecule has 0 unspecified atom stereocenters. The van der Waals surface area contributed by atoms with Crippen molar-refractivity contribution in [3.05, 3.63) is 12.2 Å². The van der Waals surface area contributed by atoms with Gasteiger partial charge in [0.2, 0.25) is 5.91 Å². The number of rotatable bonds is 6. The quantitative estimate of drug-likeness (QED) is 0.604. The smallest absolute Gasteiger partial charge is 0.417 e. The minimum absolute atomic E-state index is 0.0799. The van der Waals surface area contributed by atoms with E-state index in [0.717, 1.165) is 49.8 Å². The van der Waals surface area contributed by atoms with Crippen molar-refractivity contribution in [2.45, 2.75) is 64.0 Å². The van der Waals surface area contributed by atoms with E-state index >= 15 is 0 Å². The van der Waals surface area contributed by atoms with Gasteiger partial charge in [-0.15, -0.1) is 0 Å². The lowest BCUT2D eigenvalue weighted by Crippen LogP contribution is -2.47. The highest BCUT2D eigenvalue weighted by molar-refractivity contribution is 5.95. The molecule has 118 valence electrons. The van der Waals surface area contributed by atoms with Gasteiger partial charge in [-0.1, -0.05) is 44.8 Å². The van der Waals surface area contributed by atoms with Crippen molar-refractivity contribution in [1.29, 1.82) is 0 Å². The van der Waals surface area contributed by atoms with Gasteiger partial charge in [0.05, 0.1) is 6.10 Å². The molecule has 0 bridgehead atoms. The number of aliphatic hydroxyl groups excluding tert-OH is 1. The fourth-order valence-corrected chi connectivity index (χ4v) is 3.00. The van der Waals surface area contributed by atoms with Crippen LogP contribution in [0, 0.1) is 5.92 Å². The number of nitrogens with zero attached hydrogens (tertiary/aromatic N) is 1. The molecule has 2 aliphatic rings. The lowest BCUT2D eigenvalue weighted by molar-refractivity contribution is -0.134. The molecule has 0 aromatic carbocycles. The van der Waals surface area contributed by atoms with Crippen LogP contribution in [0.15, 0.2) is 12.2 Å². The van der Waals surface area contributed by atoms with E-state index in [0.29, 0.717) is 0 Å². The predicted octanol–water partition coefficient (Wildman–Crippen LogP) is 2.63. The lowest BCUT2D eigenvalue weighted by Gasteiger charge is -2.24. The Labute approximate surface area is 126 Å². The van der Waals surface area contributed by atoms with Gasteiger partial charge in [0.25, 0.3) is 0 Å². The number of ether oxygens (including phenoxy) is 1. The molecular formula is C16H25NO4. The maximum Gasteiger partial charge on any atom is 0.417 e. The van der Waals surface area contributed by atoms with E-state index in [2.05, 4.69) is 6.92 Å². The highest BCUT2D eigenvalue weighted by Gasteiger charge is 2.43. The standard InChI is InChI=1S/C16H25NO4/c1-2-3-4-5-10-14(18)13-11-21-16(20)17(13)15(19)12-8-6-7-9-12/h5,10,12-14,18H,2-4,6-9,11H2,1H3/b10-5+/t13-,14+/m0/s1. The molecule has 1 aliphatic carbocycles. The van der Waals surface area contributed by atoms with Crippen molar-refractivity contribution < 1.29 is 19.4 Å². The monoisotopic (exact) mass is 295 g/mol. The van der Waals surface area contributed by atoms with Gasteiger partial charge in [0.15, 0.2) is 0 Å². The highest BCUT2D eigenvalue weighted by Crippen LogP contribution is 2.29. The van der Waals surface area contributed by atoms with Crippen LogP contribution in [0.5, 0.6) is 0 Å². The van der Waals surface area contributed by atoms with Crippen LogP contribution in [0.3, 0.4) is 0 Å². The summed E-state index contributed by atoms with van der Waals surface area (Å²) in [6, 6.07) is -0.580. The maximum absolute atomic E-state index is 12.4. The molecule has 5 nitrogen and oxygen atoms in total. The molecule has 21 heavy (non-hydrogen) atoms. The third-order valence-corrected chi connectivity index (χ3v) is 4.30. The van der Waals surface area contributed by atoms with E-state index in [1.807, 2.05) is 6.08 Å². The van der Waals surface area contributed by atoms with Crippen LogP contribution in [0.4, 0.5) is 4.79 Å². The first kappa shape index (κ1) is 16.0. The first-order valence-corrected chi connectivity index (χ1v) is 7.99. The number of allylic oxidation sites excluding steroid dienone is 1. The van der Waals surface area contributed by atoms with E-state index in [4.69, 9.17) is 4.74 Å². The molecule has 0 aromatic heterocycles. The topological polar surface area (TPSA) is 66.8 Å². The summed E-state index contributed by atoms with van der Waals surface area (Å²) in [4.78, 5) is 25.4. The van der Waals surface area contributed by atoms with Gasteiger partial charge < -0.3 is 9.84 Å². The average Bonchev–Trinajstić information content (AvgIpc) is 3.12. The molecule has 0 aromatic rings. The lowest BCUT2D eigenvalue weighted by atomic mass is 10.0. The van der Waals surface area contributed by atoms with Gasteiger partial charge in [-0.25, -0.2) is 9.69 Å². The van der Waals surface area contributed by atoms with Crippen LogP contribution in [0.2, 0.25) is 0 Å². The Morgan fingerprint density at radius 1 is 1.48 bits per heavy atom. The number of carbonyl (C=O) groups is 2. The second-order valence-electron chi connectivity index (χ2n) is 5.89. The molecular weight excluding hydrogens is 270 g/mol. The summed E-state index contributed by atoms with van der Waals surface area (Å²) in [5, 5.41) is 10.2. The molecule has 2 atom stereocenters. The Hall–Kier alpha value is -1.36. The SMILES string of the molecule is CCCC/C=C/[C@@H](O)[C@@H]1COC(=O)N1C(=O)C1CCCC1. The second kappa shape index (κ2) is 7.59. The van der Waals surface area contributed by atoms with Crippen LogP contribution in [-0.2, 0) is 9.53 Å². The maximum atomic E-state index is 12.4. The zero-order chi connectivity index (χ0) is 15.2. The molecule has 2 amide bonds. The minimum atomic E-state index is -0.848. The molecule has 5 heteroatoms. The van der Waals surface area contributed by atoms with Crippen LogP contribution in [0.25, 0.3) is 0 Å². The van der Waals surface area contributed by atoms with Crippen molar-refractivity contribution in [3.63, 3.8) is 0 Å². The molecule has 1 N–H and O–H groups in total. The van der Waals surface area contributed by atoms with Crippen molar-refractivity contribution in [1.82, 2.24) is 4.90 Å². The summed E-state index contributed by atoms with van der Waals surface area (Å²) in [7, 11) is 0. The number of imide groups is 1. The Balaban J connectivity index is 1.98. The van der Waals surface area contributed by atoms with Crippen molar-refractivity contribution in [2.75, 3.05) is 6.61 Å². The number of carbonyl (C=O) groups excluding carboxylic acids is 2. The molecule has 1 saturated carbocycles. The highest BCUT2D eigenvalue weighted by atomic mass is 16.6. The van der Waals surface area contributed by atoms with Gasteiger partial charge >= 0.3 is 6.09 Å². The molecule has 2 fully saturated rings. The Bertz CT molecular complexity index is 401. The summed E-state index contributed by atoms with van der Waals surface area (Å²) in [6.45, 7) is 2.19. The summed E-state index contributed by atoms with van der Waals surface area (Å²) >= 11 is 0. The van der Waals surface area contributed by atoms with Gasteiger partial charge in [-0.2, -0.15) is 0 Å². The van der Waals surface area contributed by atoms with E-state index in [-0.39, 0.29) is 18.4 Å². The van der Waals surface area contributed by atoms with Gasteiger partial charge in [0, 0.05) is 5.92 Å². The number of hydrogen-bond acceptors (Lipinski definition) is 4. The van der Waals surface area contributed by atoms with Crippen molar-refractivity contribution in [3.8, 4) is 0 Å². The fourth-order valence-electron chi connectivity index (χ4n) is 3.00. The summed E-state index contributed by atoms with van der Waals surface area (Å²) < 4.78 is 4.98. The number of unbranched alkanes of at least 4 members (excludes halogenated alkanes) is 2. The normalized spacial score (nSPS) is 24.8. The summed E-state index contributed by atoms with van der Waals surface area (Å²) in [6.07, 6.45) is 8.91. The van der Waals surface area contributed by atoms with E-state index < -0.39 is 18.2 Å². The predicted molar refractivity (Wildman–Crippen MR) is 78.6 cm³/mol. The largest absolute Gasteiger partial charge is 0.447 e. The zero-order valence-electron chi connectivity index (χ0n) is 12.7. The molecule has 0 radical (unpaired) electrons.